The number of hydrogen-bond donors (Lipinski definition) is 2. The number of carbonyl (C=O) groups is 1. The van der Waals surface area contributed by atoms with Gasteiger partial charge in [0.1, 0.15) is 16.9 Å². The lowest BCUT2D eigenvalue weighted by molar-refractivity contribution is -0.385. The third-order valence-electron chi connectivity index (χ3n) is 2.30. The van der Waals surface area contributed by atoms with E-state index in [4.69, 9.17) is 11.6 Å². The van der Waals surface area contributed by atoms with Gasteiger partial charge in [0.25, 0.3) is 11.6 Å². The number of nitrogens with one attached hydrogen (secondary N) is 2. The Labute approximate surface area is 120 Å². The molecule has 10 heteroatoms. The summed E-state index contributed by atoms with van der Waals surface area (Å²) in [6, 6.07) is 1.12. The van der Waals surface area contributed by atoms with Crippen molar-refractivity contribution in [2.24, 2.45) is 0 Å². The van der Waals surface area contributed by atoms with Crippen LogP contribution in [0, 0.1) is 10.1 Å². The van der Waals surface area contributed by atoms with Crippen LogP contribution in [0.15, 0.2) is 22.4 Å². The third kappa shape index (κ3) is 3.19. The lowest BCUT2D eigenvalue weighted by atomic mass is 10.2. The Kier molecular flexibility index (Phi) is 4.11. The van der Waals surface area contributed by atoms with Crippen LogP contribution in [-0.4, -0.2) is 20.8 Å². The minimum atomic E-state index is -0.718. The van der Waals surface area contributed by atoms with E-state index >= 15 is 0 Å². The SMILES string of the molecule is O=C(NCc1csc(=O)[nH]1)c1cc(Cl)ncc1[N+](=O)[O-]. The summed E-state index contributed by atoms with van der Waals surface area (Å²) in [6.45, 7) is 0.0503. The second kappa shape index (κ2) is 5.80. The molecule has 104 valence electrons. The highest BCUT2D eigenvalue weighted by atomic mass is 35.5. The van der Waals surface area contributed by atoms with Gasteiger partial charge in [-0.3, -0.25) is 19.7 Å². The highest BCUT2D eigenvalue weighted by Gasteiger charge is 2.21. The summed E-state index contributed by atoms with van der Waals surface area (Å²) < 4.78 is 0. The van der Waals surface area contributed by atoms with Gasteiger partial charge in [-0.25, -0.2) is 4.98 Å². The zero-order valence-corrected chi connectivity index (χ0v) is 11.3. The number of hydrogen-bond acceptors (Lipinski definition) is 6. The Bertz CT molecular complexity index is 726. The molecule has 2 heterocycles. The Morgan fingerprint density at radius 3 is 2.95 bits per heavy atom. The average molecular weight is 315 g/mol. The number of thiazole rings is 1. The molecule has 0 saturated carbocycles. The summed E-state index contributed by atoms with van der Waals surface area (Å²) >= 11 is 6.59. The van der Waals surface area contributed by atoms with E-state index in [1.807, 2.05) is 0 Å². The van der Waals surface area contributed by atoms with E-state index in [2.05, 4.69) is 15.3 Å². The molecule has 0 fully saturated rings. The first-order chi connectivity index (χ1) is 9.47. The monoisotopic (exact) mass is 314 g/mol. The molecule has 0 spiro atoms. The third-order valence-corrected chi connectivity index (χ3v) is 3.23. The van der Waals surface area contributed by atoms with Crippen molar-refractivity contribution in [2.75, 3.05) is 0 Å². The van der Waals surface area contributed by atoms with Crippen LogP contribution in [-0.2, 0) is 6.54 Å². The molecular formula is C10H7ClN4O4S. The number of rotatable bonds is 4. The number of nitrogens with zero attached hydrogens (tertiary/aromatic N) is 2. The van der Waals surface area contributed by atoms with Crippen LogP contribution in [0.5, 0.6) is 0 Å². The Morgan fingerprint density at radius 1 is 1.60 bits per heavy atom. The number of pyridine rings is 1. The molecule has 8 nitrogen and oxygen atoms in total. The lowest BCUT2D eigenvalue weighted by Crippen LogP contribution is -2.24. The van der Waals surface area contributed by atoms with Gasteiger partial charge in [0.2, 0.25) is 0 Å². The maximum absolute atomic E-state index is 11.9. The van der Waals surface area contributed by atoms with E-state index in [1.165, 1.54) is 0 Å². The fraction of sp³-hybridized carbons (Fsp3) is 0.100. The number of nitro groups is 1. The molecule has 0 aliphatic carbocycles. The molecule has 0 radical (unpaired) electrons. The summed E-state index contributed by atoms with van der Waals surface area (Å²) in [5.74, 6) is -0.673. The smallest absolute Gasteiger partial charge is 0.304 e. The summed E-state index contributed by atoms with van der Waals surface area (Å²) in [5, 5.41) is 14.8. The van der Waals surface area contributed by atoms with Crippen LogP contribution in [0.3, 0.4) is 0 Å². The van der Waals surface area contributed by atoms with Crippen LogP contribution in [0.1, 0.15) is 16.1 Å². The number of halogens is 1. The highest BCUT2D eigenvalue weighted by molar-refractivity contribution is 7.07. The summed E-state index contributed by atoms with van der Waals surface area (Å²) in [7, 11) is 0. The molecule has 2 aromatic heterocycles. The Balaban J connectivity index is 2.18. The maximum Gasteiger partial charge on any atom is 0.304 e. The predicted molar refractivity (Wildman–Crippen MR) is 72.0 cm³/mol. The van der Waals surface area contributed by atoms with Gasteiger partial charge in [0.15, 0.2) is 0 Å². The largest absolute Gasteiger partial charge is 0.346 e. The molecule has 2 N–H and O–H groups in total. The van der Waals surface area contributed by atoms with Gasteiger partial charge in [0, 0.05) is 11.1 Å². The second-order valence-electron chi connectivity index (χ2n) is 3.64. The Morgan fingerprint density at radius 2 is 2.35 bits per heavy atom. The standard InChI is InChI=1S/C10H7ClN4O4S/c11-8-1-6(7(3-12-8)15(18)19)9(16)13-2-5-4-20-10(17)14-5/h1,3-4H,2H2,(H,13,16)(H,14,17). The van der Waals surface area contributed by atoms with Gasteiger partial charge < -0.3 is 10.3 Å². The lowest BCUT2D eigenvalue weighted by Gasteiger charge is -2.04. The van der Waals surface area contributed by atoms with Crippen LogP contribution in [0.25, 0.3) is 0 Å². The number of aromatic amines is 1. The van der Waals surface area contributed by atoms with Crippen LogP contribution < -0.4 is 10.2 Å². The predicted octanol–water partition coefficient (Wildman–Crippen LogP) is 1.32. The van der Waals surface area contributed by atoms with E-state index in [9.17, 15) is 19.7 Å². The molecule has 20 heavy (non-hydrogen) atoms. The molecule has 0 aliphatic heterocycles. The van der Waals surface area contributed by atoms with Crippen molar-refractivity contribution in [3.8, 4) is 0 Å². The first kappa shape index (κ1) is 14.2. The van der Waals surface area contributed by atoms with E-state index in [-0.39, 0.29) is 22.1 Å². The van der Waals surface area contributed by atoms with Gasteiger partial charge in [0.05, 0.1) is 11.5 Å². The van der Waals surface area contributed by atoms with Gasteiger partial charge in [-0.05, 0) is 6.07 Å². The van der Waals surface area contributed by atoms with Crippen molar-refractivity contribution in [3.63, 3.8) is 0 Å². The average Bonchev–Trinajstić information content (AvgIpc) is 2.81. The van der Waals surface area contributed by atoms with Crippen molar-refractivity contribution in [2.45, 2.75) is 6.54 Å². The zero-order valence-electron chi connectivity index (χ0n) is 9.75. The van der Waals surface area contributed by atoms with Crippen LogP contribution in [0.2, 0.25) is 5.15 Å². The number of aromatic nitrogens is 2. The molecule has 0 bridgehead atoms. The topological polar surface area (TPSA) is 118 Å². The van der Waals surface area contributed by atoms with Crippen molar-refractivity contribution in [1.82, 2.24) is 15.3 Å². The molecule has 0 aliphatic rings. The molecular weight excluding hydrogens is 308 g/mol. The highest BCUT2D eigenvalue weighted by Crippen LogP contribution is 2.20. The molecule has 0 atom stereocenters. The van der Waals surface area contributed by atoms with Crippen LogP contribution in [0.4, 0.5) is 5.69 Å². The van der Waals surface area contributed by atoms with Crippen molar-refractivity contribution in [1.29, 1.82) is 0 Å². The molecule has 0 saturated heterocycles. The van der Waals surface area contributed by atoms with E-state index in [0.717, 1.165) is 23.6 Å². The van der Waals surface area contributed by atoms with E-state index in [0.29, 0.717) is 5.69 Å². The summed E-state index contributed by atoms with van der Waals surface area (Å²) in [4.78, 5) is 38.8. The number of amides is 1. The molecule has 2 aromatic rings. The van der Waals surface area contributed by atoms with Gasteiger partial charge in [-0.15, -0.1) is 0 Å². The first-order valence-corrected chi connectivity index (χ1v) is 6.48. The van der Waals surface area contributed by atoms with Crippen molar-refractivity contribution in [3.05, 3.63) is 53.8 Å². The zero-order chi connectivity index (χ0) is 14.7. The molecule has 2 rings (SSSR count). The normalized spacial score (nSPS) is 10.2. The fourth-order valence-electron chi connectivity index (χ4n) is 1.42. The van der Waals surface area contributed by atoms with Gasteiger partial charge in [-0.1, -0.05) is 22.9 Å². The van der Waals surface area contributed by atoms with Crippen molar-refractivity contribution >= 4 is 34.5 Å². The number of H-pyrrole nitrogens is 1. The molecule has 0 unspecified atom stereocenters. The maximum atomic E-state index is 11.9. The van der Waals surface area contributed by atoms with Gasteiger partial charge >= 0.3 is 4.87 Å². The second-order valence-corrected chi connectivity index (χ2v) is 4.87. The van der Waals surface area contributed by atoms with E-state index < -0.39 is 16.5 Å². The molecule has 1 amide bonds. The van der Waals surface area contributed by atoms with E-state index in [1.54, 1.807) is 5.38 Å². The first-order valence-electron chi connectivity index (χ1n) is 5.22. The quantitative estimate of drug-likeness (QED) is 0.501. The van der Waals surface area contributed by atoms with Gasteiger partial charge in [-0.2, -0.15) is 0 Å². The van der Waals surface area contributed by atoms with Crippen molar-refractivity contribution < 1.29 is 9.72 Å². The Hall–Kier alpha value is -2.26. The molecule has 0 aromatic carbocycles. The minimum absolute atomic E-state index is 0.0234. The fourth-order valence-corrected chi connectivity index (χ4v) is 2.16. The summed E-state index contributed by atoms with van der Waals surface area (Å²) in [6.07, 6.45) is 0.920. The summed E-state index contributed by atoms with van der Waals surface area (Å²) in [5.41, 5.74) is -0.116. The minimum Gasteiger partial charge on any atom is -0.346 e. The number of carbonyl (C=O) groups excluding carboxylic acids is 1. The van der Waals surface area contributed by atoms with Crippen LogP contribution >= 0.6 is 22.9 Å².